The van der Waals surface area contributed by atoms with Gasteiger partial charge in [-0.15, -0.1) is 0 Å². The van der Waals surface area contributed by atoms with Crippen molar-refractivity contribution < 1.29 is 28.5 Å². The zero-order valence-corrected chi connectivity index (χ0v) is 15.0. The standard InChI is InChI=1S/C17H27NO6/c1-6-7-8-17(10-20-14(19)18-17)13-12(23-16(4,5)24-13)11-9-21-15(2,3)22-11/h7-8,11-13H,6,9-10H2,1-5H3,(H,18,19)/b8-7+/t11-,12-,13+,17-/m1/s1. The minimum Gasteiger partial charge on any atom is -0.447 e. The van der Waals surface area contributed by atoms with Crippen LogP contribution in [0, 0.1) is 0 Å². The van der Waals surface area contributed by atoms with E-state index in [9.17, 15) is 4.79 Å². The number of ether oxygens (including phenoxy) is 5. The molecule has 3 heterocycles. The minimum atomic E-state index is -0.786. The lowest BCUT2D eigenvalue weighted by atomic mass is 9.87. The number of rotatable bonds is 4. The molecule has 3 fully saturated rings. The van der Waals surface area contributed by atoms with E-state index < -0.39 is 29.3 Å². The smallest absolute Gasteiger partial charge is 0.408 e. The summed E-state index contributed by atoms with van der Waals surface area (Å²) in [6.07, 6.45) is 3.23. The summed E-state index contributed by atoms with van der Waals surface area (Å²) >= 11 is 0. The van der Waals surface area contributed by atoms with Gasteiger partial charge < -0.3 is 29.0 Å². The highest BCUT2D eigenvalue weighted by Gasteiger charge is 2.59. The molecule has 3 aliphatic rings. The first-order valence-corrected chi connectivity index (χ1v) is 8.46. The van der Waals surface area contributed by atoms with Crippen LogP contribution in [-0.2, 0) is 23.7 Å². The molecule has 4 atom stereocenters. The number of carbonyl (C=O) groups is 1. The largest absolute Gasteiger partial charge is 0.447 e. The van der Waals surface area contributed by atoms with Gasteiger partial charge in [0.25, 0.3) is 0 Å². The van der Waals surface area contributed by atoms with Gasteiger partial charge in [0.2, 0.25) is 0 Å². The number of allylic oxidation sites excluding steroid dienone is 1. The first-order chi connectivity index (χ1) is 11.2. The lowest BCUT2D eigenvalue weighted by Crippen LogP contribution is -2.58. The normalized spacial score (nSPS) is 40.9. The number of nitrogens with one attached hydrogen (secondary N) is 1. The summed E-state index contributed by atoms with van der Waals surface area (Å²) in [5, 5.41) is 2.91. The Kier molecular flexibility index (Phi) is 4.40. The van der Waals surface area contributed by atoms with Crippen LogP contribution in [0.2, 0.25) is 0 Å². The minimum absolute atomic E-state index is 0.194. The summed E-state index contributed by atoms with van der Waals surface area (Å²) in [4.78, 5) is 11.8. The van der Waals surface area contributed by atoms with Gasteiger partial charge in [-0.3, -0.25) is 0 Å². The fourth-order valence-corrected chi connectivity index (χ4v) is 3.45. The summed E-state index contributed by atoms with van der Waals surface area (Å²) in [5.74, 6) is -1.45. The Balaban J connectivity index is 1.90. The van der Waals surface area contributed by atoms with Crippen LogP contribution in [0.5, 0.6) is 0 Å². The van der Waals surface area contributed by atoms with Gasteiger partial charge >= 0.3 is 6.09 Å². The summed E-state index contributed by atoms with van der Waals surface area (Å²) in [5.41, 5.74) is -0.776. The van der Waals surface area contributed by atoms with Crippen molar-refractivity contribution in [3.8, 4) is 0 Å². The third kappa shape index (κ3) is 3.31. The van der Waals surface area contributed by atoms with Crippen molar-refractivity contribution in [1.29, 1.82) is 0 Å². The molecule has 0 aromatic heterocycles. The number of carbonyl (C=O) groups excluding carboxylic acids is 1. The number of cyclic esters (lactones) is 1. The van der Waals surface area contributed by atoms with Crippen LogP contribution in [0.4, 0.5) is 4.79 Å². The van der Waals surface area contributed by atoms with E-state index in [1.165, 1.54) is 0 Å². The monoisotopic (exact) mass is 341 g/mol. The second kappa shape index (κ2) is 5.98. The van der Waals surface area contributed by atoms with Gasteiger partial charge in [0.15, 0.2) is 11.6 Å². The average molecular weight is 341 g/mol. The molecule has 3 saturated heterocycles. The zero-order valence-electron chi connectivity index (χ0n) is 15.0. The number of hydrogen-bond acceptors (Lipinski definition) is 6. The Morgan fingerprint density at radius 2 is 1.92 bits per heavy atom. The van der Waals surface area contributed by atoms with Crippen molar-refractivity contribution in [2.24, 2.45) is 0 Å². The SMILES string of the molecule is CC/C=C/[C@]1([C@H]2OC(C)(C)O[C@@H]2[C@H]2COC(C)(C)O2)COC(=O)N1. The number of hydrogen-bond donors (Lipinski definition) is 1. The van der Waals surface area contributed by atoms with Crippen molar-refractivity contribution in [2.45, 2.75) is 76.5 Å². The third-order valence-electron chi connectivity index (χ3n) is 4.46. The van der Waals surface area contributed by atoms with Crippen molar-refractivity contribution in [3.63, 3.8) is 0 Å². The van der Waals surface area contributed by atoms with Gasteiger partial charge in [0.05, 0.1) is 6.61 Å². The highest BCUT2D eigenvalue weighted by molar-refractivity contribution is 5.71. The Bertz CT molecular complexity index is 531. The van der Waals surface area contributed by atoms with E-state index in [0.29, 0.717) is 6.61 Å². The van der Waals surface area contributed by atoms with E-state index in [-0.39, 0.29) is 18.8 Å². The molecule has 0 saturated carbocycles. The predicted octanol–water partition coefficient (Wildman–Crippen LogP) is 2.10. The van der Waals surface area contributed by atoms with Crippen LogP contribution in [0.25, 0.3) is 0 Å². The van der Waals surface area contributed by atoms with Gasteiger partial charge in [-0.2, -0.15) is 0 Å². The quantitative estimate of drug-likeness (QED) is 0.789. The lowest BCUT2D eigenvalue weighted by molar-refractivity contribution is -0.175. The van der Waals surface area contributed by atoms with Crippen LogP contribution < -0.4 is 5.32 Å². The molecule has 0 aliphatic carbocycles. The summed E-state index contributed by atoms with van der Waals surface area (Å²) < 4.78 is 29.2. The molecule has 136 valence electrons. The van der Waals surface area contributed by atoms with Crippen molar-refractivity contribution in [2.75, 3.05) is 13.2 Å². The summed E-state index contributed by atoms with van der Waals surface area (Å²) in [6.45, 7) is 10.1. The molecule has 3 aliphatic heterocycles. The van der Waals surface area contributed by atoms with Crippen LogP contribution >= 0.6 is 0 Å². The molecule has 0 radical (unpaired) electrons. The van der Waals surface area contributed by atoms with Gasteiger partial charge in [0, 0.05) is 0 Å². The highest BCUT2D eigenvalue weighted by Crippen LogP contribution is 2.41. The van der Waals surface area contributed by atoms with Gasteiger partial charge in [-0.05, 0) is 34.1 Å². The first-order valence-electron chi connectivity index (χ1n) is 8.46. The van der Waals surface area contributed by atoms with Crippen LogP contribution in [0.1, 0.15) is 41.0 Å². The van der Waals surface area contributed by atoms with Crippen molar-refractivity contribution in [3.05, 3.63) is 12.2 Å². The van der Waals surface area contributed by atoms with Gasteiger partial charge in [0.1, 0.15) is 30.5 Å². The maximum absolute atomic E-state index is 11.8. The second-order valence-corrected chi connectivity index (χ2v) is 7.44. The van der Waals surface area contributed by atoms with Crippen LogP contribution in [0.15, 0.2) is 12.2 Å². The van der Waals surface area contributed by atoms with E-state index in [1.54, 1.807) is 0 Å². The van der Waals surface area contributed by atoms with Crippen LogP contribution in [0.3, 0.4) is 0 Å². The maximum Gasteiger partial charge on any atom is 0.408 e. The third-order valence-corrected chi connectivity index (χ3v) is 4.46. The Hall–Kier alpha value is -1.15. The van der Waals surface area contributed by atoms with Crippen molar-refractivity contribution in [1.82, 2.24) is 5.32 Å². The fraction of sp³-hybridized carbons (Fsp3) is 0.824. The topological polar surface area (TPSA) is 75.2 Å². The van der Waals surface area contributed by atoms with Gasteiger partial charge in [-0.25, -0.2) is 4.79 Å². The van der Waals surface area contributed by atoms with Gasteiger partial charge in [-0.1, -0.05) is 19.1 Å². The molecule has 0 unspecified atom stereocenters. The van der Waals surface area contributed by atoms with Crippen LogP contribution in [-0.4, -0.2) is 54.7 Å². The number of amides is 1. The molecule has 0 bridgehead atoms. The van der Waals surface area contributed by atoms with E-state index in [2.05, 4.69) is 5.32 Å². The van der Waals surface area contributed by atoms with Crippen molar-refractivity contribution >= 4 is 6.09 Å². The molecular weight excluding hydrogens is 314 g/mol. The molecule has 0 aromatic carbocycles. The molecule has 7 heteroatoms. The Morgan fingerprint density at radius 1 is 1.17 bits per heavy atom. The highest BCUT2D eigenvalue weighted by atomic mass is 16.8. The summed E-state index contributed by atoms with van der Waals surface area (Å²) in [6, 6.07) is 0. The van der Waals surface area contributed by atoms with E-state index in [1.807, 2.05) is 46.8 Å². The molecule has 0 spiro atoms. The molecule has 1 amide bonds. The first kappa shape index (κ1) is 17.7. The Labute approximate surface area is 142 Å². The molecular formula is C17H27NO6. The zero-order chi connectivity index (χ0) is 17.6. The molecule has 24 heavy (non-hydrogen) atoms. The molecule has 0 aromatic rings. The molecule has 3 rings (SSSR count). The van der Waals surface area contributed by atoms with E-state index in [0.717, 1.165) is 6.42 Å². The molecule has 7 nitrogen and oxygen atoms in total. The summed E-state index contributed by atoms with van der Waals surface area (Å²) in [7, 11) is 0. The lowest BCUT2D eigenvalue weighted by Gasteiger charge is -2.33. The van der Waals surface area contributed by atoms with E-state index in [4.69, 9.17) is 23.7 Å². The Morgan fingerprint density at radius 3 is 2.46 bits per heavy atom. The fourth-order valence-electron chi connectivity index (χ4n) is 3.45. The predicted molar refractivity (Wildman–Crippen MR) is 85.4 cm³/mol. The molecule has 1 N–H and O–H groups in total. The average Bonchev–Trinajstić information content (AvgIpc) is 3.13. The maximum atomic E-state index is 11.8. The van der Waals surface area contributed by atoms with E-state index >= 15 is 0 Å². The number of alkyl carbamates (subject to hydrolysis) is 1. The second-order valence-electron chi connectivity index (χ2n) is 7.44.